The van der Waals surface area contributed by atoms with Crippen LogP contribution in [0.2, 0.25) is 0 Å². The van der Waals surface area contributed by atoms with Crippen LogP contribution in [-0.2, 0) is 0 Å². The minimum atomic E-state index is 0.238. The number of hydroxylamine groups is 2. The second kappa shape index (κ2) is 1.95. The maximum Gasteiger partial charge on any atom is 0.0295 e. The molecule has 0 saturated carbocycles. The molecule has 0 amide bonds. The monoisotopic (exact) mass is 143 g/mol. The van der Waals surface area contributed by atoms with Gasteiger partial charge in [0, 0.05) is 13.1 Å². The summed E-state index contributed by atoms with van der Waals surface area (Å²) in [6.07, 6.45) is 0. The van der Waals surface area contributed by atoms with Gasteiger partial charge in [0.15, 0.2) is 0 Å². The third kappa shape index (κ3) is 1.06. The van der Waals surface area contributed by atoms with E-state index in [2.05, 4.69) is 27.7 Å². The molecule has 0 aromatic rings. The van der Waals surface area contributed by atoms with Crippen molar-refractivity contribution < 1.29 is 5.21 Å². The van der Waals surface area contributed by atoms with Crippen molar-refractivity contribution in [3.8, 4) is 0 Å². The van der Waals surface area contributed by atoms with E-state index in [1.54, 1.807) is 0 Å². The third-order valence-electron chi connectivity index (χ3n) is 2.99. The fourth-order valence-corrected chi connectivity index (χ4v) is 1.40. The van der Waals surface area contributed by atoms with E-state index >= 15 is 0 Å². The summed E-state index contributed by atoms with van der Waals surface area (Å²) in [5, 5.41) is 10.7. The molecule has 0 bridgehead atoms. The lowest BCUT2D eigenvalue weighted by Gasteiger charge is -2.32. The van der Waals surface area contributed by atoms with Crippen LogP contribution < -0.4 is 0 Å². The predicted molar refractivity (Wildman–Crippen MR) is 40.9 cm³/mol. The molecule has 1 N–H and O–H groups in total. The van der Waals surface area contributed by atoms with Gasteiger partial charge >= 0.3 is 0 Å². The van der Waals surface area contributed by atoms with Gasteiger partial charge in [0.25, 0.3) is 0 Å². The zero-order chi connectivity index (χ0) is 7.99. The standard InChI is InChI=1S/C8H17NO/c1-7(2)5-9(10)6-8(7,3)4/h10H,5-6H2,1-4H3. The summed E-state index contributed by atoms with van der Waals surface area (Å²) in [6, 6.07) is 0. The maximum absolute atomic E-state index is 9.23. The zero-order valence-corrected chi connectivity index (χ0v) is 7.31. The van der Waals surface area contributed by atoms with Gasteiger partial charge in [-0.1, -0.05) is 27.7 Å². The van der Waals surface area contributed by atoms with E-state index in [1.165, 1.54) is 5.06 Å². The number of hydrogen-bond acceptors (Lipinski definition) is 2. The first kappa shape index (κ1) is 8.02. The molecule has 1 heterocycles. The van der Waals surface area contributed by atoms with E-state index in [-0.39, 0.29) is 10.8 Å². The van der Waals surface area contributed by atoms with E-state index in [9.17, 15) is 5.21 Å². The van der Waals surface area contributed by atoms with Gasteiger partial charge in [-0.2, -0.15) is 5.06 Å². The number of nitrogens with zero attached hydrogens (tertiary/aromatic N) is 1. The average molecular weight is 143 g/mol. The molecular weight excluding hydrogens is 126 g/mol. The molecule has 1 aliphatic rings. The zero-order valence-electron chi connectivity index (χ0n) is 7.31. The molecule has 10 heavy (non-hydrogen) atoms. The number of rotatable bonds is 0. The van der Waals surface area contributed by atoms with Crippen molar-refractivity contribution in [2.45, 2.75) is 27.7 Å². The average Bonchev–Trinajstić information content (AvgIpc) is 1.73. The van der Waals surface area contributed by atoms with Crippen molar-refractivity contribution in [1.82, 2.24) is 5.06 Å². The Kier molecular flexibility index (Phi) is 1.57. The van der Waals surface area contributed by atoms with E-state index in [0.29, 0.717) is 0 Å². The maximum atomic E-state index is 9.23. The quantitative estimate of drug-likeness (QED) is 0.558. The molecule has 1 rings (SSSR count). The Bertz CT molecular complexity index is 124. The molecule has 1 fully saturated rings. The van der Waals surface area contributed by atoms with Gasteiger partial charge in [-0.3, -0.25) is 0 Å². The van der Waals surface area contributed by atoms with Crippen LogP contribution in [0.15, 0.2) is 0 Å². The van der Waals surface area contributed by atoms with Crippen LogP contribution in [0.25, 0.3) is 0 Å². The Morgan fingerprint density at radius 1 is 1.00 bits per heavy atom. The molecule has 0 radical (unpaired) electrons. The van der Waals surface area contributed by atoms with Gasteiger partial charge in [0.2, 0.25) is 0 Å². The molecule has 2 heteroatoms. The second-order valence-electron chi connectivity index (χ2n) is 4.59. The van der Waals surface area contributed by atoms with Gasteiger partial charge in [-0.25, -0.2) is 0 Å². The molecule has 0 aliphatic carbocycles. The SMILES string of the molecule is CC1(C)CN(O)CC1(C)C. The van der Waals surface area contributed by atoms with Crippen LogP contribution in [0.5, 0.6) is 0 Å². The molecule has 0 aromatic carbocycles. The summed E-state index contributed by atoms with van der Waals surface area (Å²) in [7, 11) is 0. The molecule has 0 aromatic heterocycles. The Balaban J connectivity index is 2.78. The van der Waals surface area contributed by atoms with E-state index in [0.717, 1.165) is 13.1 Å². The number of hydrogen-bond donors (Lipinski definition) is 1. The lowest BCUT2D eigenvalue weighted by atomic mass is 9.71. The van der Waals surface area contributed by atoms with E-state index < -0.39 is 0 Å². The fourth-order valence-electron chi connectivity index (χ4n) is 1.40. The molecule has 0 unspecified atom stereocenters. The molecule has 2 nitrogen and oxygen atoms in total. The van der Waals surface area contributed by atoms with Crippen LogP contribution in [0.4, 0.5) is 0 Å². The van der Waals surface area contributed by atoms with Crippen molar-refractivity contribution >= 4 is 0 Å². The van der Waals surface area contributed by atoms with Gasteiger partial charge in [0.05, 0.1) is 0 Å². The van der Waals surface area contributed by atoms with Crippen molar-refractivity contribution in [2.75, 3.05) is 13.1 Å². The van der Waals surface area contributed by atoms with Gasteiger partial charge in [-0.15, -0.1) is 0 Å². The summed E-state index contributed by atoms with van der Waals surface area (Å²) < 4.78 is 0. The van der Waals surface area contributed by atoms with Crippen molar-refractivity contribution in [3.63, 3.8) is 0 Å². The fraction of sp³-hybridized carbons (Fsp3) is 1.00. The lowest BCUT2D eigenvalue weighted by Crippen LogP contribution is -2.30. The Labute approximate surface area is 62.8 Å². The van der Waals surface area contributed by atoms with Gasteiger partial charge < -0.3 is 5.21 Å². The first-order valence-electron chi connectivity index (χ1n) is 3.79. The lowest BCUT2D eigenvalue weighted by molar-refractivity contribution is -0.0783. The van der Waals surface area contributed by atoms with E-state index in [4.69, 9.17) is 0 Å². The summed E-state index contributed by atoms with van der Waals surface area (Å²) in [5.74, 6) is 0. The van der Waals surface area contributed by atoms with Crippen LogP contribution in [0.1, 0.15) is 27.7 Å². The molecule has 0 spiro atoms. The van der Waals surface area contributed by atoms with Crippen LogP contribution in [-0.4, -0.2) is 23.4 Å². The second-order valence-corrected chi connectivity index (χ2v) is 4.59. The highest BCUT2D eigenvalue weighted by atomic mass is 16.5. The Morgan fingerprint density at radius 3 is 1.40 bits per heavy atom. The molecule has 60 valence electrons. The highest BCUT2D eigenvalue weighted by Crippen LogP contribution is 2.44. The highest BCUT2D eigenvalue weighted by Gasteiger charge is 2.45. The summed E-state index contributed by atoms with van der Waals surface area (Å²) >= 11 is 0. The van der Waals surface area contributed by atoms with Crippen molar-refractivity contribution in [3.05, 3.63) is 0 Å². The molecule has 1 saturated heterocycles. The van der Waals surface area contributed by atoms with Crippen LogP contribution in [0, 0.1) is 10.8 Å². The summed E-state index contributed by atoms with van der Waals surface area (Å²) in [5.41, 5.74) is 0.476. The Hall–Kier alpha value is -0.0800. The minimum Gasteiger partial charge on any atom is -0.314 e. The van der Waals surface area contributed by atoms with Crippen molar-refractivity contribution in [1.29, 1.82) is 0 Å². The van der Waals surface area contributed by atoms with Gasteiger partial charge in [0.1, 0.15) is 0 Å². The normalized spacial score (nSPS) is 30.9. The minimum absolute atomic E-state index is 0.238. The summed E-state index contributed by atoms with van der Waals surface area (Å²) in [6.45, 7) is 10.4. The summed E-state index contributed by atoms with van der Waals surface area (Å²) in [4.78, 5) is 0. The third-order valence-corrected chi connectivity index (χ3v) is 2.99. The highest BCUT2D eigenvalue weighted by molar-refractivity contribution is 4.94. The largest absolute Gasteiger partial charge is 0.314 e. The smallest absolute Gasteiger partial charge is 0.0295 e. The predicted octanol–water partition coefficient (Wildman–Crippen LogP) is 1.74. The first-order chi connectivity index (χ1) is 4.35. The molecule has 0 atom stereocenters. The molecular formula is C8H17NO. The topological polar surface area (TPSA) is 23.5 Å². The molecule has 1 aliphatic heterocycles. The van der Waals surface area contributed by atoms with Crippen LogP contribution >= 0.6 is 0 Å². The van der Waals surface area contributed by atoms with Gasteiger partial charge in [-0.05, 0) is 10.8 Å². The van der Waals surface area contributed by atoms with E-state index in [1.807, 2.05) is 0 Å². The first-order valence-corrected chi connectivity index (χ1v) is 3.79. The van der Waals surface area contributed by atoms with Crippen molar-refractivity contribution in [2.24, 2.45) is 10.8 Å². The Morgan fingerprint density at radius 2 is 1.30 bits per heavy atom. The van der Waals surface area contributed by atoms with Crippen LogP contribution in [0.3, 0.4) is 0 Å².